The van der Waals surface area contributed by atoms with E-state index >= 15 is 0 Å². The van der Waals surface area contributed by atoms with Gasteiger partial charge in [-0.2, -0.15) is 4.31 Å². The number of hydrogen-bond donors (Lipinski definition) is 0. The van der Waals surface area contributed by atoms with E-state index in [2.05, 4.69) is 42.1 Å². The Balaban J connectivity index is 1.81. The van der Waals surface area contributed by atoms with Gasteiger partial charge in [-0.3, -0.25) is 0 Å². The third kappa shape index (κ3) is 4.07. The molecule has 28 heavy (non-hydrogen) atoms. The number of aryl methyl sites for hydroxylation is 3. The van der Waals surface area contributed by atoms with Crippen LogP contribution in [0, 0.1) is 20.8 Å². The van der Waals surface area contributed by atoms with Crippen molar-refractivity contribution in [2.45, 2.75) is 25.7 Å². The predicted octanol–water partition coefficient (Wildman–Crippen LogP) is 2.64. The normalized spacial score (nSPS) is 16.1. The standard InChI is InChI=1S/C20H28N4O3S/c1-15-6-7-16(2)18(14-15)23-10-12-24(13-11-23)28(25,26)20-17(3)21-27-19(20)8-9-22(4)5/h6-9,14H,10-13H2,1-5H3. The second-order valence-electron chi connectivity index (χ2n) is 7.42. The highest BCUT2D eigenvalue weighted by atomic mass is 32.2. The Bertz CT molecular complexity index is 971. The molecule has 1 aromatic carbocycles. The van der Waals surface area contributed by atoms with Crippen LogP contribution in [0.15, 0.2) is 33.8 Å². The van der Waals surface area contributed by atoms with Crippen LogP contribution >= 0.6 is 0 Å². The largest absolute Gasteiger partial charge is 0.383 e. The number of sulfonamides is 1. The molecule has 0 radical (unpaired) electrons. The molecular formula is C20H28N4O3S. The quantitative estimate of drug-likeness (QED) is 0.763. The van der Waals surface area contributed by atoms with Crippen LogP contribution in [0.2, 0.25) is 0 Å². The third-order valence-corrected chi connectivity index (χ3v) is 6.96. The smallest absolute Gasteiger partial charge is 0.248 e. The van der Waals surface area contributed by atoms with E-state index in [0.29, 0.717) is 31.9 Å². The predicted molar refractivity (Wildman–Crippen MR) is 111 cm³/mol. The zero-order valence-corrected chi connectivity index (χ0v) is 18.0. The monoisotopic (exact) mass is 404 g/mol. The van der Waals surface area contributed by atoms with Gasteiger partial charge in [0.1, 0.15) is 5.69 Å². The molecule has 0 saturated carbocycles. The molecule has 8 heteroatoms. The highest BCUT2D eigenvalue weighted by molar-refractivity contribution is 7.89. The maximum Gasteiger partial charge on any atom is 0.248 e. The SMILES string of the molecule is Cc1ccc(C)c(N2CCN(S(=O)(=O)c3c(C)noc3C=CN(C)C)CC2)c1. The fourth-order valence-corrected chi connectivity index (χ4v) is 5.05. The summed E-state index contributed by atoms with van der Waals surface area (Å²) in [6.07, 6.45) is 3.39. The molecule has 2 aromatic rings. The zero-order chi connectivity index (χ0) is 20.5. The van der Waals surface area contributed by atoms with E-state index in [1.807, 2.05) is 19.0 Å². The Kier molecular flexibility index (Phi) is 5.81. The molecule has 0 bridgehead atoms. The Morgan fingerprint density at radius 3 is 2.43 bits per heavy atom. The fourth-order valence-electron chi connectivity index (χ4n) is 3.37. The summed E-state index contributed by atoms with van der Waals surface area (Å²) >= 11 is 0. The molecule has 1 fully saturated rings. The molecule has 0 unspecified atom stereocenters. The van der Waals surface area contributed by atoms with Crippen molar-refractivity contribution < 1.29 is 12.9 Å². The van der Waals surface area contributed by atoms with Gasteiger partial charge in [-0.15, -0.1) is 0 Å². The fraction of sp³-hybridized carbons (Fsp3) is 0.450. The summed E-state index contributed by atoms with van der Waals surface area (Å²) in [5, 5.41) is 3.88. The molecule has 1 aliphatic rings. The molecule has 1 saturated heterocycles. The summed E-state index contributed by atoms with van der Waals surface area (Å²) in [5.74, 6) is 0.267. The molecule has 0 aliphatic carbocycles. The van der Waals surface area contributed by atoms with Gasteiger partial charge in [-0.05, 0) is 38.0 Å². The number of aromatic nitrogens is 1. The lowest BCUT2D eigenvalue weighted by atomic mass is 10.1. The molecule has 2 heterocycles. The summed E-state index contributed by atoms with van der Waals surface area (Å²) < 4.78 is 33.3. The van der Waals surface area contributed by atoms with Crippen LogP contribution in [0.25, 0.3) is 6.08 Å². The molecule has 0 amide bonds. The van der Waals surface area contributed by atoms with E-state index in [-0.39, 0.29) is 10.7 Å². The highest BCUT2D eigenvalue weighted by Gasteiger charge is 2.34. The number of benzene rings is 1. The minimum absolute atomic E-state index is 0.158. The summed E-state index contributed by atoms with van der Waals surface area (Å²) in [6, 6.07) is 6.36. The second kappa shape index (κ2) is 7.97. The molecule has 7 nitrogen and oxygen atoms in total. The first-order valence-electron chi connectivity index (χ1n) is 9.33. The minimum atomic E-state index is -3.67. The molecule has 0 spiro atoms. The number of piperazine rings is 1. The van der Waals surface area contributed by atoms with Crippen LogP contribution in [0.4, 0.5) is 5.69 Å². The van der Waals surface area contributed by atoms with Crippen LogP contribution in [0.3, 0.4) is 0 Å². The average Bonchev–Trinajstić information content (AvgIpc) is 3.03. The van der Waals surface area contributed by atoms with Crippen LogP contribution in [0.5, 0.6) is 0 Å². The first kappa shape index (κ1) is 20.4. The number of hydrogen-bond acceptors (Lipinski definition) is 6. The van der Waals surface area contributed by atoms with Crippen LogP contribution in [0.1, 0.15) is 22.6 Å². The van der Waals surface area contributed by atoms with E-state index < -0.39 is 10.0 Å². The van der Waals surface area contributed by atoms with Crippen molar-refractivity contribution in [2.75, 3.05) is 45.2 Å². The topological polar surface area (TPSA) is 69.9 Å². The van der Waals surface area contributed by atoms with Crippen LogP contribution < -0.4 is 4.90 Å². The first-order chi connectivity index (χ1) is 13.2. The van der Waals surface area contributed by atoms with Crippen molar-refractivity contribution in [1.29, 1.82) is 0 Å². The van der Waals surface area contributed by atoms with Crippen molar-refractivity contribution in [3.05, 3.63) is 47.0 Å². The summed E-state index contributed by atoms with van der Waals surface area (Å²) in [4.78, 5) is 4.23. The summed E-state index contributed by atoms with van der Waals surface area (Å²) in [6.45, 7) is 7.97. The summed E-state index contributed by atoms with van der Waals surface area (Å²) in [7, 11) is 0.0518. The molecule has 0 N–H and O–H groups in total. The Morgan fingerprint density at radius 2 is 1.79 bits per heavy atom. The second-order valence-corrected chi connectivity index (χ2v) is 9.30. The maximum absolute atomic E-state index is 13.3. The van der Waals surface area contributed by atoms with Gasteiger partial charge >= 0.3 is 0 Å². The minimum Gasteiger partial charge on any atom is -0.383 e. The number of rotatable bonds is 5. The lowest BCUT2D eigenvalue weighted by molar-refractivity contribution is 0.382. The molecule has 152 valence electrons. The van der Waals surface area contributed by atoms with Crippen molar-refractivity contribution in [1.82, 2.24) is 14.4 Å². The van der Waals surface area contributed by atoms with E-state index in [0.717, 1.165) is 0 Å². The third-order valence-electron chi connectivity index (χ3n) is 4.90. The Labute approximate surface area is 167 Å². The Hall–Kier alpha value is -2.32. The van der Waals surface area contributed by atoms with Gasteiger partial charge in [0.25, 0.3) is 0 Å². The van der Waals surface area contributed by atoms with Gasteiger partial charge in [-0.1, -0.05) is 17.3 Å². The van der Waals surface area contributed by atoms with Crippen molar-refractivity contribution in [2.24, 2.45) is 0 Å². The van der Waals surface area contributed by atoms with E-state index in [1.165, 1.54) is 21.1 Å². The van der Waals surface area contributed by atoms with Gasteiger partial charge in [-0.25, -0.2) is 8.42 Å². The number of anilines is 1. The molecule has 0 atom stereocenters. The number of nitrogens with zero attached hydrogens (tertiary/aromatic N) is 4. The first-order valence-corrected chi connectivity index (χ1v) is 10.8. The lowest BCUT2D eigenvalue weighted by Gasteiger charge is -2.36. The van der Waals surface area contributed by atoms with Crippen molar-refractivity contribution in [3.8, 4) is 0 Å². The highest BCUT2D eigenvalue weighted by Crippen LogP contribution is 2.28. The Morgan fingerprint density at radius 1 is 1.11 bits per heavy atom. The van der Waals surface area contributed by atoms with E-state index in [1.54, 1.807) is 19.2 Å². The lowest BCUT2D eigenvalue weighted by Crippen LogP contribution is -2.49. The molecule has 1 aliphatic heterocycles. The van der Waals surface area contributed by atoms with Crippen LogP contribution in [-0.2, 0) is 10.0 Å². The van der Waals surface area contributed by atoms with Crippen LogP contribution in [-0.4, -0.2) is 63.1 Å². The molecule has 1 aromatic heterocycles. The van der Waals surface area contributed by atoms with Gasteiger partial charge in [0, 0.05) is 58.2 Å². The van der Waals surface area contributed by atoms with Gasteiger partial charge in [0.2, 0.25) is 10.0 Å². The summed E-state index contributed by atoms with van der Waals surface area (Å²) in [5.41, 5.74) is 3.96. The average molecular weight is 405 g/mol. The van der Waals surface area contributed by atoms with Gasteiger partial charge in [0.05, 0.1) is 0 Å². The van der Waals surface area contributed by atoms with Crippen molar-refractivity contribution >= 4 is 21.8 Å². The van der Waals surface area contributed by atoms with Gasteiger partial charge in [0.15, 0.2) is 10.7 Å². The maximum atomic E-state index is 13.3. The van der Waals surface area contributed by atoms with E-state index in [9.17, 15) is 8.42 Å². The molecular weight excluding hydrogens is 376 g/mol. The zero-order valence-electron chi connectivity index (χ0n) is 17.1. The van der Waals surface area contributed by atoms with Gasteiger partial charge < -0.3 is 14.3 Å². The molecule has 3 rings (SSSR count). The van der Waals surface area contributed by atoms with E-state index in [4.69, 9.17) is 4.52 Å². The van der Waals surface area contributed by atoms with Crippen molar-refractivity contribution in [3.63, 3.8) is 0 Å².